The second-order valence-electron chi connectivity index (χ2n) is 8.18. The van der Waals surface area contributed by atoms with E-state index in [0.29, 0.717) is 48.7 Å². The first-order valence-electron chi connectivity index (χ1n) is 10.6. The predicted octanol–water partition coefficient (Wildman–Crippen LogP) is 4.46. The fourth-order valence-corrected chi connectivity index (χ4v) is 4.16. The van der Waals surface area contributed by atoms with Gasteiger partial charge in [0.15, 0.2) is 5.75 Å². The maximum atomic E-state index is 13.0. The third kappa shape index (κ3) is 5.20. The number of likely N-dealkylation sites (tertiary alicyclic amines) is 1. The van der Waals surface area contributed by atoms with Gasteiger partial charge < -0.3 is 14.8 Å². The number of nitrogens with zero attached hydrogens (tertiary/aromatic N) is 3. The average molecular weight is 436 g/mol. The Balaban J connectivity index is 1.38. The van der Waals surface area contributed by atoms with Gasteiger partial charge in [-0.05, 0) is 63.4 Å². The van der Waals surface area contributed by atoms with Gasteiger partial charge in [0.05, 0.1) is 5.69 Å². The Labute approximate surface area is 179 Å². The average Bonchev–Trinajstić information content (AvgIpc) is 2.76. The largest absolute Gasteiger partial charge is 0.484 e. The Hall–Kier alpha value is -2.55. The minimum atomic E-state index is -4.45. The summed E-state index contributed by atoms with van der Waals surface area (Å²) in [5.41, 5.74) is 0.871. The molecule has 4 heterocycles. The van der Waals surface area contributed by atoms with Crippen molar-refractivity contribution in [2.75, 3.05) is 38.2 Å². The van der Waals surface area contributed by atoms with Gasteiger partial charge in [-0.3, -0.25) is 4.90 Å². The van der Waals surface area contributed by atoms with Crippen LogP contribution in [0.2, 0.25) is 0 Å². The van der Waals surface area contributed by atoms with E-state index in [2.05, 4.69) is 27.1 Å². The van der Waals surface area contributed by atoms with Crippen molar-refractivity contribution in [2.45, 2.75) is 38.9 Å². The molecule has 2 atom stereocenters. The fraction of sp³-hybridized carbons (Fsp3) is 0.545. The van der Waals surface area contributed by atoms with Gasteiger partial charge in [0.2, 0.25) is 0 Å². The van der Waals surface area contributed by atoms with Gasteiger partial charge in [-0.2, -0.15) is 13.2 Å². The lowest BCUT2D eigenvalue weighted by Crippen LogP contribution is -2.39. The van der Waals surface area contributed by atoms with Crippen LogP contribution in [0.15, 0.2) is 24.3 Å². The van der Waals surface area contributed by atoms with Crippen molar-refractivity contribution in [3.05, 3.63) is 41.3 Å². The summed E-state index contributed by atoms with van der Waals surface area (Å²) in [6, 6.07) is 6.71. The molecule has 0 saturated carbocycles. The molecule has 168 valence electrons. The van der Waals surface area contributed by atoms with E-state index in [1.165, 1.54) is 0 Å². The van der Waals surface area contributed by atoms with Crippen molar-refractivity contribution >= 4 is 5.69 Å². The number of aryl methyl sites for hydroxylation is 1. The van der Waals surface area contributed by atoms with Crippen molar-refractivity contribution in [1.82, 2.24) is 14.9 Å². The monoisotopic (exact) mass is 436 g/mol. The van der Waals surface area contributed by atoms with Crippen LogP contribution in [0.4, 0.5) is 18.9 Å². The summed E-state index contributed by atoms with van der Waals surface area (Å²) in [7, 11) is 0. The summed E-state index contributed by atoms with van der Waals surface area (Å²) in [4.78, 5) is 10.6. The summed E-state index contributed by atoms with van der Waals surface area (Å²) < 4.78 is 50.2. The molecule has 2 aliphatic heterocycles. The Bertz CT molecular complexity index is 922. The second-order valence-corrected chi connectivity index (χ2v) is 8.18. The van der Waals surface area contributed by atoms with Crippen LogP contribution in [0, 0.1) is 12.8 Å². The minimum Gasteiger partial charge on any atom is -0.484 e. The van der Waals surface area contributed by atoms with Gasteiger partial charge in [-0.15, -0.1) is 0 Å². The van der Waals surface area contributed by atoms with Gasteiger partial charge in [-0.25, -0.2) is 9.97 Å². The van der Waals surface area contributed by atoms with Crippen molar-refractivity contribution < 1.29 is 22.6 Å². The Kier molecular flexibility index (Phi) is 6.22. The number of halogens is 3. The topological polar surface area (TPSA) is 59.5 Å². The van der Waals surface area contributed by atoms with Gasteiger partial charge in [0.25, 0.3) is 5.88 Å². The normalized spacial score (nSPS) is 20.4. The van der Waals surface area contributed by atoms with Gasteiger partial charge >= 0.3 is 6.18 Å². The molecule has 0 aromatic carbocycles. The van der Waals surface area contributed by atoms with Crippen molar-refractivity contribution in [2.24, 2.45) is 5.92 Å². The molecule has 0 spiro atoms. The number of nitrogens with one attached hydrogen (secondary N) is 1. The lowest BCUT2D eigenvalue weighted by atomic mass is 9.96. The number of ether oxygens (including phenoxy) is 2. The van der Waals surface area contributed by atoms with E-state index >= 15 is 0 Å². The van der Waals surface area contributed by atoms with Gasteiger partial charge in [0, 0.05) is 30.5 Å². The second kappa shape index (κ2) is 8.90. The molecule has 4 rings (SSSR count). The van der Waals surface area contributed by atoms with Crippen LogP contribution in [0.3, 0.4) is 0 Å². The Morgan fingerprint density at radius 3 is 2.81 bits per heavy atom. The Morgan fingerprint density at radius 2 is 2.00 bits per heavy atom. The van der Waals surface area contributed by atoms with Crippen LogP contribution >= 0.6 is 0 Å². The molecule has 0 aliphatic carbocycles. The highest BCUT2D eigenvalue weighted by Crippen LogP contribution is 2.33. The summed E-state index contributed by atoms with van der Waals surface area (Å²) in [6.45, 7) is 7.14. The lowest BCUT2D eigenvalue weighted by molar-refractivity contribution is -0.141. The third-order valence-electron chi connectivity index (χ3n) is 5.79. The number of anilines is 1. The molecule has 1 N–H and O–H groups in total. The first-order chi connectivity index (χ1) is 14.8. The zero-order valence-electron chi connectivity index (χ0n) is 17.7. The van der Waals surface area contributed by atoms with Crippen LogP contribution in [-0.2, 0) is 6.18 Å². The smallest absolute Gasteiger partial charge is 0.433 e. The number of fused-ring (bicyclic) bond motifs is 1. The molecule has 0 amide bonds. The number of aromatic nitrogens is 2. The molecular weight excluding hydrogens is 409 g/mol. The van der Waals surface area contributed by atoms with Gasteiger partial charge in [-0.1, -0.05) is 0 Å². The maximum Gasteiger partial charge on any atom is 0.433 e. The van der Waals surface area contributed by atoms with Crippen LogP contribution in [0.25, 0.3) is 0 Å². The highest BCUT2D eigenvalue weighted by Gasteiger charge is 2.33. The molecule has 31 heavy (non-hydrogen) atoms. The predicted molar refractivity (Wildman–Crippen MR) is 110 cm³/mol. The highest BCUT2D eigenvalue weighted by molar-refractivity contribution is 5.46. The highest BCUT2D eigenvalue weighted by atomic mass is 19.4. The van der Waals surface area contributed by atoms with E-state index in [1.54, 1.807) is 13.0 Å². The number of pyridine rings is 2. The number of rotatable bonds is 5. The number of piperidine rings is 1. The summed E-state index contributed by atoms with van der Waals surface area (Å²) >= 11 is 0. The summed E-state index contributed by atoms with van der Waals surface area (Å²) in [6.07, 6.45) is -2.39. The number of hydrogen-bond donors (Lipinski definition) is 1. The fourth-order valence-electron chi connectivity index (χ4n) is 4.16. The summed E-state index contributed by atoms with van der Waals surface area (Å²) in [5.74, 6) is 1.55. The zero-order chi connectivity index (χ0) is 22.0. The first kappa shape index (κ1) is 21.7. The van der Waals surface area contributed by atoms with E-state index in [-0.39, 0.29) is 6.04 Å². The van der Waals surface area contributed by atoms with Crippen molar-refractivity contribution in [3.63, 3.8) is 0 Å². The van der Waals surface area contributed by atoms with Crippen LogP contribution in [0.5, 0.6) is 11.6 Å². The minimum absolute atomic E-state index is 0.110. The van der Waals surface area contributed by atoms with Gasteiger partial charge in [0.1, 0.15) is 18.9 Å². The zero-order valence-corrected chi connectivity index (χ0v) is 17.7. The molecule has 9 heteroatoms. The molecule has 1 saturated heterocycles. The maximum absolute atomic E-state index is 13.0. The molecule has 0 radical (unpaired) electrons. The quantitative estimate of drug-likeness (QED) is 0.747. The molecule has 0 unspecified atom stereocenters. The lowest BCUT2D eigenvalue weighted by Gasteiger charge is -2.37. The molecule has 2 aromatic heterocycles. The standard InChI is InChI=1S/C22H27F3N4O2/c1-14-10-17(11-20(27-14)22(23,24)25)26-12-16-4-3-7-29(13-16)15(2)18-5-6-19-21(28-18)31-9-8-30-19/h5-6,10-11,15-16H,3-4,7-9,12-13H2,1-2H3,(H,26,27)/t15-,16-/m1/s1. The molecule has 6 nitrogen and oxygen atoms in total. The van der Waals surface area contributed by atoms with Crippen LogP contribution in [0.1, 0.15) is 42.9 Å². The molecule has 1 fully saturated rings. The van der Waals surface area contributed by atoms with E-state index < -0.39 is 11.9 Å². The van der Waals surface area contributed by atoms with Crippen molar-refractivity contribution in [1.29, 1.82) is 0 Å². The molecule has 2 aromatic rings. The van der Waals surface area contributed by atoms with E-state index in [9.17, 15) is 13.2 Å². The van der Waals surface area contributed by atoms with E-state index in [1.807, 2.05) is 12.1 Å². The molecular formula is C22H27F3N4O2. The van der Waals surface area contributed by atoms with E-state index in [4.69, 9.17) is 9.47 Å². The Morgan fingerprint density at radius 1 is 1.19 bits per heavy atom. The number of alkyl halides is 3. The van der Waals surface area contributed by atoms with Crippen LogP contribution in [-0.4, -0.2) is 47.7 Å². The third-order valence-corrected chi connectivity index (χ3v) is 5.79. The number of hydrogen-bond acceptors (Lipinski definition) is 6. The SMILES string of the molecule is Cc1cc(NC[C@H]2CCCN([C@H](C)c3ccc4c(n3)OCCO4)C2)cc(C(F)(F)F)n1. The summed E-state index contributed by atoms with van der Waals surface area (Å²) in [5, 5.41) is 3.19. The van der Waals surface area contributed by atoms with E-state index in [0.717, 1.165) is 37.7 Å². The molecule has 0 bridgehead atoms. The van der Waals surface area contributed by atoms with Crippen LogP contribution < -0.4 is 14.8 Å². The first-order valence-corrected chi connectivity index (χ1v) is 10.6. The van der Waals surface area contributed by atoms with Crippen molar-refractivity contribution in [3.8, 4) is 11.6 Å². The molecule has 2 aliphatic rings.